The largest absolute Gasteiger partial charge is 0.268 e. The molecule has 0 amide bonds. The molecule has 0 saturated carbocycles. The summed E-state index contributed by atoms with van der Waals surface area (Å²) in [7, 11) is 0. The lowest BCUT2D eigenvalue weighted by atomic mass is 10.3. The standard InChI is InChI=1S/C6H8N2O.C2H6/c1-2-5-3-4-6(9)8-7-5;1-2/h3-4H,2H2,1H3,(H,8,9);1-2H3. The van der Waals surface area contributed by atoms with Gasteiger partial charge in [0.15, 0.2) is 0 Å². The van der Waals surface area contributed by atoms with Gasteiger partial charge < -0.3 is 0 Å². The van der Waals surface area contributed by atoms with Crippen molar-refractivity contribution in [2.75, 3.05) is 0 Å². The van der Waals surface area contributed by atoms with E-state index in [0.717, 1.165) is 12.1 Å². The number of aromatic nitrogens is 2. The van der Waals surface area contributed by atoms with Gasteiger partial charge >= 0.3 is 0 Å². The number of H-pyrrole nitrogens is 1. The first kappa shape index (κ1) is 9.88. The molecule has 0 fully saturated rings. The van der Waals surface area contributed by atoms with Crippen molar-refractivity contribution in [2.45, 2.75) is 27.2 Å². The molecule has 1 aromatic heterocycles. The van der Waals surface area contributed by atoms with Crippen LogP contribution in [-0.2, 0) is 6.42 Å². The van der Waals surface area contributed by atoms with Crippen molar-refractivity contribution >= 4 is 0 Å². The molecule has 0 aliphatic carbocycles. The zero-order valence-corrected chi connectivity index (χ0v) is 7.22. The second-order valence-electron chi connectivity index (χ2n) is 1.77. The summed E-state index contributed by atoms with van der Waals surface area (Å²) in [5, 5.41) is 6.10. The van der Waals surface area contributed by atoms with Crippen molar-refractivity contribution in [1.29, 1.82) is 0 Å². The zero-order valence-electron chi connectivity index (χ0n) is 7.22. The van der Waals surface area contributed by atoms with Crippen LogP contribution in [0.2, 0.25) is 0 Å². The Morgan fingerprint density at radius 2 is 2.09 bits per heavy atom. The summed E-state index contributed by atoms with van der Waals surface area (Å²) in [6.07, 6.45) is 0.858. The van der Waals surface area contributed by atoms with Gasteiger partial charge in [-0.15, -0.1) is 0 Å². The molecule has 62 valence electrons. The topological polar surface area (TPSA) is 45.8 Å². The van der Waals surface area contributed by atoms with Crippen LogP contribution in [0, 0.1) is 0 Å². The van der Waals surface area contributed by atoms with E-state index in [2.05, 4.69) is 10.2 Å². The fourth-order valence-corrected chi connectivity index (χ4v) is 0.570. The third-order valence-electron chi connectivity index (χ3n) is 1.10. The molecule has 0 radical (unpaired) electrons. The Labute approximate surface area is 66.5 Å². The highest BCUT2D eigenvalue weighted by Gasteiger charge is 1.86. The lowest BCUT2D eigenvalue weighted by molar-refractivity contribution is 0.896. The SMILES string of the molecule is CC.CCc1ccc(=O)[nH]n1. The third-order valence-corrected chi connectivity index (χ3v) is 1.10. The maximum Gasteiger partial charge on any atom is 0.264 e. The van der Waals surface area contributed by atoms with Crippen molar-refractivity contribution in [3.63, 3.8) is 0 Å². The van der Waals surface area contributed by atoms with Crippen LogP contribution in [0.3, 0.4) is 0 Å². The molecule has 0 aliphatic rings. The van der Waals surface area contributed by atoms with E-state index in [-0.39, 0.29) is 5.56 Å². The summed E-state index contributed by atoms with van der Waals surface area (Å²) in [5.74, 6) is 0. The van der Waals surface area contributed by atoms with Gasteiger partial charge in [-0.25, -0.2) is 5.10 Å². The van der Waals surface area contributed by atoms with Crippen molar-refractivity contribution in [3.8, 4) is 0 Å². The van der Waals surface area contributed by atoms with Gasteiger partial charge in [0.25, 0.3) is 5.56 Å². The fraction of sp³-hybridized carbons (Fsp3) is 0.500. The van der Waals surface area contributed by atoms with E-state index in [1.54, 1.807) is 6.07 Å². The van der Waals surface area contributed by atoms with E-state index >= 15 is 0 Å². The molecular formula is C8H14N2O. The average Bonchev–Trinajstić information content (AvgIpc) is 2.10. The lowest BCUT2D eigenvalue weighted by Crippen LogP contribution is -2.06. The molecule has 0 unspecified atom stereocenters. The van der Waals surface area contributed by atoms with Crippen LogP contribution < -0.4 is 5.56 Å². The summed E-state index contributed by atoms with van der Waals surface area (Å²) >= 11 is 0. The number of nitrogens with one attached hydrogen (secondary N) is 1. The Balaban J connectivity index is 0.000000461. The second kappa shape index (κ2) is 5.65. The van der Waals surface area contributed by atoms with Gasteiger partial charge in [0, 0.05) is 6.07 Å². The second-order valence-corrected chi connectivity index (χ2v) is 1.77. The van der Waals surface area contributed by atoms with Gasteiger partial charge in [-0.2, -0.15) is 5.10 Å². The van der Waals surface area contributed by atoms with Gasteiger partial charge in [-0.1, -0.05) is 20.8 Å². The maximum absolute atomic E-state index is 10.4. The molecule has 3 heteroatoms. The number of hydrogen-bond donors (Lipinski definition) is 1. The first-order valence-corrected chi connectivity index (χ1v) is 3.87. The summed E-state index contributed by atoms with van der Waals surface area (Å²) in [4.78, 5) is 10.4. The van der Waals surface area contributed by atoms with Gasteiger partial charge in [-0.05, 0) is 12.5 Å². The zero-order chi connectivity index (χ0) is 8.69. The first-order valence-electron chi connectivity index (χ1n) is 3.87. The van der Waals surface area contributed by atoms with Crippen molar-refractivity contribution in [2.24, 2.45) is 0 Å². The maximum atomic E-state index is 10.4. The molecule has 1 heterocycles. The predicted octanol–water partition coefficient (Wildman–Crippen LogP) is 1.36. The molecule has 1 aromatic rings. The van der Waals surface area contributed by atoms with E-state index in [4.69, 9.17) is 0 Å². The van der Waals surface area contributed by atoms with Crippen LogP contribution in [0.4, 0.5) is 0 Å². The Bertz CT molecular complexity index is 222. The van der Waals surface area contributed by atoms with Gasteiger partial charge in [0.05, 0.1) is 5.69 Å². The smallest absolute Gasteiger partial charge is 0.264 e. The number of aromatic amines is 1. The Morgan fingerprint density at radius 1 is 1.45 bits per heavy atom. The fourth-order valence-electron chi connectivity index (χ4n) is 0.570. The van der Waals surface area contributed by atoms with Gasteiger partial charge in [0.1, 0.15) is 0 Å². The molecule has 11 heavy (non-hydrogen) atoms. The third kappa shape index (κ3) is 3.55. The number of hydrogen-bond acceptors (Lipinski definition) is 2. The molecule has 0 aromatic carbocycles. The van der Waals surface area contributed by atoms with E-state index < -0.39 is 0 Å². The van der Waals surface area contributed by atoms with E-state index in [1.807, 2.05) is 20.8 Å². The highest BCUT2D eigenvalue weighted by atomic mass is 16.1. The predicted molar refractivity (Wildman–Crippen MR) is 45.6 cm³/mol. The lowest BCUT2D eigenvalue weighted by Gasteiger charge is -1.88. The summed E-state index contributed by atoms with van der Waals surface area (Å²) in [6.45, 7) is 5.99. The minimum Gasteiger partial charge on any atom is -0.268 e. The van der Waals surface area contributed by atoms with Crippen LogP contribution in [-0.4, -0.2) is 10.2 Å². The van der Waals surface area contributed by atoms with Crippen molar-refractivity contribution in [3.05, 3.63) is 28.2 Å². The molecule has 0 atom stereocenters. The molecule has 0 spiro atoms. The summed E-state index contributed by atoms with van der Waals surface area (Å²) < 4.78 is 0. The molecule has 1 N–H and O–H groups in total. The minimum absolute atomic E-state index is 0.146. The van der Waals surface area contributed by atoms with Crippen LogP contribution in [0.5, 0.6) is 0 Å². The molecular weight excluding hydrogens is 140 g/mol. The van der Waals surface area contributed by atoms with Crippen LogP contribution >= 0.6 is 0 Å². The molecule has 0 bridgehead atoms. The number of rotatable bonds is 1. The molecule has 0 aliphatic heterocycles. The monoisotopic (exact) mass is 154 g/mol. The highest BCUT2D eigenvalue weighted by molar-refractivity contribution is 4.98. The summed E-state index contributed by atoms with van der Waals surface area (Å²) in [5.41, 5.74) is 0.766. The van der Waals surface area contributed by atoms with Gasteiger partial charge in [-0.3, -0.25) is 4.79 Å². The normalized spacial score (nSPS) is 8.27. The Hall–Kier alpha value is -1.12. The minimum atomic E-state index is -0.146. The Morgan fingerprint density at radius 3 is 2.45 bits per heavy atom. The molecule has 0 saturated heterocycles. The quantitative estimate of drug-likeness (QED) is 0.663. The van der Waals surface area contributed by atoms with Crippen molar-refractivity contribution < 1.29 is 0 Å². The van der Waals surface area contributed by atoms with E-state index in [1.165, 1.54) is 6.07 Å². The highest BCUT2D eigenvalue weighted by Crippen LogP contribution is 1.86. The first-order chi connectivity index (χ1) is 5.33. The average molecular weight is 154 g/mol. The van der Waals surface area contributed by atoms with E-state index in [0.29, 0.717) is 0 Å². The van der Waals surface area contributed by atoms with Crippen LogP contribution in [0.25, 0.3) is 0 Å². The van der Waals surface area contributed by atoms with E-state index in [9.17, 15) is 4.79 Å². The summed E-state index contributed by atoms with van der Waals surface area (Å²) in [6, 6.07) is 3.20. The van der Waals surface area contributed by atoms with Gasteiger partial charge in [0.2, 0.25) is 0 Å². The molecule has 3 nitrogen and oxygen atoms in total. The van der Waals surface area contributed by atoms with Crippen LogP contribution in [0.15, 0.2) is 16.9 Å². The number of nitrogens with zero attached hydrogens (tertiary/aromatic N) is 1. The van der Waals surface area contributed by atoms with Crippen LogP contribution in [0.1, 0.15) is 26.5 Å². The Kier molecular flexibility index (Phi) is 5.07. The van der Waals surface area contributed by atoms with Crippen molar-refractivity contribution in [1.82, 2.24) is 10.2 Å². The molecule has 1 rings (SSSR count). The number of aryl methyl sites for hydroxylation is 1.